The lowest BCUT2D eigenvalue weighted by molar-refractivity contribution is 0.0226. The number of rotatable bonds is 3. The first-order chi connectivity index (χ1) is 9.66. The third kappa shape index (κ3) is 4.71. The van der Waals surface area contributed by atoms with Crippen LogP contribution in [0.3, 0.4) is 0 Å². The summed E-state index contributed by atoms with van der Waals surface area (Å²) >= 11 is 0. The molecule has 0 spiro atoms. The lowest BCUT2D eigenvalue weighted by Gasteiger charge is -2.29. The van der Waals surface area contributed by atoms with E-state index < -0.39 is 15.4 Å². The highest BCUT2D eigenvalue weighted by atomic mass is 32.2. The highest BCUT2D eigenvalue weighted by Gasteiger charge is 2.32. The fourth-order valence-electron chi connectivity index (χ4n) is 2.60. The zero-order valence-corrected chi connectivity index (χ0v) is 13.6. The Kier molecular flexibility index (Phi) is 4.63. The number of nitrogens with one attached hydrogen (secondary N) is 1. The smallest absolute Gasteiger partial charge is 0.410 e. The number of hydrogen-bond donors (Lipinski definition) is 1. The molecule has 1 N–H and O–H groups in total. The number of carbonyl (C=O) groups is 1. The first-order valence-electron chi connectivity index (χ1n) is 7.30. The molecule has 2 unspecified atom stereocenters. The molecule has 6 nitrogen and oxygen atoms in total. The van der Waals surface area contributed by atoms with Gasteiger partial charge in [-0.3, -0.25) is 0 Å². The average molecular weight is 316 g/mol. The quantitative estimate of drug-likeness (QED) is 0.849. The highest BCUT2D eigenvalue weighted by Crippen LogP contribution is 2.20. The van der Waals surface area contributed by atoms with Crippen LogP contribution in [0, 0.1) is 0 Å². The van der Waals surface area contributed by atoms with Crippen molar-refractivity contribution in [3.63, 3.8) is 0 Å². The van der Waals surface area contributed by atoms with Crippen LogP contribution in [0.1, 0.15) is 33.6 Å². The van der Waals surface area contributed by atoms with Gasteiger partial charge in [-0.25, -0.2) is 13.2 Å². The molecule has 1 saturated heterocycles. The van der Waals surface area contributed by atoms with E-state index in [1.165, 1.54) is 5.41 Å². The van der Waals surface area contributed by atoms with E-state index in [1.54, 1.807) is 11.0 Å². The molecule has 2 aliphatic rings. The lowest BCUT2D eigenvalue weighted by atomic mass is 10.2. The molecule has 7 heteroatoms. The number of hydrogen-bond acceptors (Lipinski definition) is 5. The Morgan fingerprint density at radius 3 is 2.71 bits per heavy atom. The minimum absolute atomic E-state index is 0.0663. The van der Waals surface area contributed by atoms with Gasteiger partial charge in [-0.1, -0.05) is 6.08 Å². The summed E-state index contributed by atoms with van der Waals surface area (Å²) in [4.78, 5) is 13.9. The van der Waals surface area contributed by atoms with Gasteiger partial charge < -0.3 is 15.0 Å². The van der Waals surface area contributed by atoms with Crippen LogP contribution in [0.2, 0.25) is 0 Å². The fraction of sp³-hybridized carbons (Fsp3) is 0.786. The Morgan fingerprint density at radius 1 is 1.43 bits per heavy atom. The van der Waals surface area contributed by atoms with Crippen molar-refractivity contribution in [2.75, 3.05) is 18.8 Å². The summed E-state index contributed by atoms with van der Waals surface area (Å²) in [6.07, 6.45) is 3.24. The molecule has 0 aromatic heterocycles. The van der Waals surface area contributed by atoms with Crippen LogP contribution in [0.5, 0.6) is 0 Å². The molecule has 21 heavy (non-hydrogen) atoms. The first-order valence-corrected chi connectivity index (χ1v) is 9.02. The Labute approximate surface area is 126 Å². The van der Waals surface area contributed by atoms with Crippen molar-refractivity contribution in [3.05, 3.63) is 11.5 Å². The van der Waals surface area contributed by atoms with Gasteiger partial charge in [0.15, 0.2) is 9.84 Å². The van der Waals surface area contributed by atoms with Crippen LogP contribution in [0.25, 0.3) is 0 Å². The zero-order chi connectivity index (χ0) is 15.7. The van der Waals surface area contributed by atoms with Crippen LogP contribution in [0.4, 0.5) is 4.79 Å². The average Bonchev–Trinajstić information content (AvgIpc) is 2.90. The third-order valence-corrected chi connectivity index (χ3v) is 4.95. The second-order valence-electron chi connectivity index (χ2n) is 6.64. The van der Waals surface area contributed by atoms with Crippen LogP contribution in [0.15, 0.2) is 11.5 Å². The molecule has 120 valence electrons. The molecule has 0 aliphatic carbocycles. The Bertz CT molecular complexity index is 522. The predicted molar refractivity (Wildman–Crippen MR) is 80.7 cm³/mol. The molecule has 0 aromatic carbocycles. The third-order valence-electron chi connectivity index (χ3n) is 3.55. The summed E-state index contributed by atoms with van der Waals surface area (Å²) < 4.78 is 28.1. The van der Waals surface area contributed by atoms with Gasteiger partial charge in [0.1, 0.15) is 5.60 Å². The lowest BCUT2D eigenvalue weighted by Crippen LogP contribution is -2.46. The minimum atomic E-state index is -3.04. The summed E-state index contributed by atoms with van der Waals surface area (Å²) in [6.45, 7) is 6.83. The zero-order valence-electron chi connectivity index (χ0n) is 12.8. The number of sulfone groups is 1. The van der Waals surface area contributed by atoms with Gasteiger partial charge in [0.05, 0.1) is 5.75 Å². The van der Waals surface area contributed by atoms with E-state index in [4.69, 9.17) is 4.74 Å². The Balaban J connectivity index is 1.85. The molecule has 2 rings (SSSR count). The van der Waals surface area contributed by atoms with Gasteiger partial charge in [0, 0.05) is 30.6 Å². The van der Waals surface area contributed by atoms with E-state index in [2.05, 4.69) is 5.32 Å². The van der Waals surface area contributed by atoms with Crippen molar-refractivity contribution in [3.8, 4) is 0 Å². The van der Waals surface area contributed by atoms with Crippen LogP contribution >= 0.6 is 0 Å². The summed E-state index contributed by atoms with van der Waals surface area (Å²) in [5.74, 6) is 0.103. The van der Waals surface area contributed by atoms with E-state index >= 15 is 0 Å². The predicted octanol–water partition coefficient (Wildman–Crippen LogP) is 1.29. The van der Waals surface area contributed by atoms with Crippen molar-refractivity contribution in [1.82, 2.24) is 10.2 Å². The SMILES string of the molecule is CC(C)(C)OC(=O)N1CCCC1CNC1C=CS(=O)(=O)C1. The van der Waals surface area contributed by atoms with Gasteiger partial charge in [0.25, 0.3) is 0 Å². The van der Waals surface area contributed by atoms with E-state index in [9.17, 15) is 13.2 Å². The summed E-state index contributed by atoms with van der Waals surface area (Å²) in [7, 11) is -3.04. The van der Waals surface area contributed by atoms with Gasteiger partial charge in [-0.05, 0) is 33.6 Å². The van der Waals surface area contributed by atoms with Crippen LogP contribution < -0.4 is 5.32 Å². The number of likely N-dealkylation sites (tertiary alicyclic amines) is 1. The van der Waals surface area contributed by atoms with Crippen molar-refractivity contribution < 1.29 is 17.9 Å². The molecule has 0 saturated carbocycles. The molecular formula is C14H24N2O4S. The summed E-state index contributed by atoms with van der Waals surface area (Å²) in [5.41, 5.74) is -0.500. The number of carbonyl (C=O) groups excluding carboxylic acids is 1. The van der Waals surface area contributed by atoms with Crippen LogP contribution in [-0.2, 0) is 14.6 Å². The molecule has 2 atom stereocenters. The number of nitrogens with zero attached hydrogens (tertiary/aromatic N) is 1. The topological polar surface area (TPSA) is 75.7 Å². The fourth-order valence-corrected chi connectivity index (χ4v) is 3.87. The molecule has 0 radical (unpaired) electrons. The van der Waals surface area contributed by atoms with Crippen molar-refractivity contribution in [1.29, 1.82) is 0 Å². The normalized spacial score (nSPS) is 28.0. The summed E-state index contributed by atoms with van der Waals surface area (Å²) in [5, 5.41) is 4.47. The Hall–Kier alpha value is -1.08. The molecule has 2 aliphatic heterocycles. The van der Waals surface area contributed by atoms with Gasteiger partial charge in [0.2, 0.25) is 0 Å². The maximum Gasteiger partial charge on any atom is 0.410 e. The minimum Gasteiger partial charge on any atom is -0.444 e. The van der Waals surface area contributed by atoms with Gasteiger partial charge in [-0.15, -0.1) is 0 Å². The molecule has 0 bridgehead atoms. The second-order valence-corrected chi connectivity index (χ2v) is 8.57. The molecule has 1 amide bonds. The maximum absolute atomic E-state index is 12.1. The monoisotopic (exact) mass is 316 g/mol. The van der Waals surface area contributed by atoms with Gasteiger partial charge >= 0.3 is 6.09 Å². The maximum atomic E-state index is 12.1. The molecule has 0 aromatic rings. The van der Waals surface area contributed by atoms with Crippen molar-refractivity contribution in [2.45, 2.75) is 51.3 Å². The second kappa shape index (κ2) is 5.96. The van der Waals surface area contributed by atoms with E-state index in [1.807, 2.05) is 20.8 Å². The van der Waals surface area contributed by atoms with E-state index in [0.29, 0.717) is 13.1 Å². The number of amides is 1. The number of ether oxygens (including phenoxy) is 1. The van der Waals surface area contributed by atoms with E-state index in [-0.39, 0.29) is 23.9 Å². The van der Waals surface area contributed by atoms with Crippen molar-refractivity contribution in [2.24, 2.45) is 0 Å². The largest absolute Gasteiger partial charge is 0.444 e. The van der Waals surface area contributed by atoms with E-state index in [0.717, 1.165) is 12.8 Å². The van der Waals surface area contributed by atoms with Crippen molar-refractivity contribution >= 4 is 15.9 Å². The molecule has 2 heterocycles. The summed E-state index contributed by atoms with van der Waals surface area (Å²) in [6, 6.07) is -0.0901. The molecular weight excluding hydrogens is 292 g/mol. The standard InChI is InChI=1S/C14H24N2O4S/c1-14(2,3)20-13(17)16-7-4-5-12(16)9-15-11-6-8-21(18,19)10-11/h6,8,11-12,15H,4-5,7,9-10H2,1-3H3. The van der Waals surface area contributed by atoms with Gasteiger partial charge in [-0.2, -0.15) is 0 Å². The first kappa shape index (κ1) is 16.3. The van der Waals surface area contributed by atoms with Crippen LogP contribution in [-0.4, -0.2) is 55.9 Å². The Morgan fingerprint density at radius 2 is 2.14 bits per heavy atom. The highest BCUT2D eigenvalue weighted by molar-refractivity contribution is 7.94. The molecule has 1 fully saturated rings.